The number of carbonyl (C=O) groups is 4. The Bertz CT molecular complexity index is 1400. The molecule has 0 radical (unpaired) electrons. The van der Waals surface area contributed by atoms with Gasteiger partial charge in [-0.1, -0.05) is 38.1 Å². The van der Waals surface area contributed by atoms with Crippen LogP contribution >= 0.6 is 0 Å². The largest absolute Gasteiger partial charge is 0.478 e. The Balaban J connectivity index is 1.40. The van der Waals surface area contributed by atoms with Gasteiger partial charge < -0.3 is 19.7 Å². The van der Waals surface area contributed by atoms with Gasteiger partial charge in [0.05, 0.1) is 22.3 Å². The van der Waals surface area contributed by atoms with E-state index in [-0.39, 0.29) is 22.3 Å². The molecule has 8 nitrogen and oxygen atoms in total. The average molecular weight is 525 g/mol. The standard InChI is InChI=1S/C31H24O8/c1-31(2,23-11-15-25(16-12-23)38-29(36)21-7-3-19(4-8-21)27(32)33)24-13-17-26(18-14-24)39-30(37)22-9-5-20(6-10-22)28(34)35/h3-18H,1-2H3,(H,32,33)(H,34,35). The molecule has 4 aromatic carbocycles. The molecule has 8 heteroatoms. The van der Waals surface area contributed by atoms with Crippen molar-refractivity contribution in [1.82, 2.24) is 0 Å². The van der Waals surface area contributed by atoms with Crippen molar-refractivity contribution in [1.29, 1.82) is 0 Å². The molecule has 0 atom stereocenters. The summed E-state index contributed by atoms with van der Waals surface area (Å²) in [6.07, 6.45) is 0. The minimum absolute atomic E-state index is 0.0802. The van der Waals surface area contributed by atoms with Crippen molar-refractivity contribution in [3.63, 3.8) is 0 Å². The van der Waals surface area contributed by atoms with E-state index >= 15 is 0 Å². The van der Waals surface area contributed by atoms with E-state index in [1.54, 1.807) is 24.3 Å². The van der Waals surface area contributed by atoms with Crippen LogP contribution in [0.25, 0.3) is 0 Å². The van der Waals surface area contributed by atoms with Crippen molar-refractivity contribution in [2.75, 3.05) is 0 Å². The summed E-state index contributed by atoms with van der Waals surface area (Å²) in [5.41, 5.74) is 2.12. The molecular formula is C31H24O8. The van der Waals surface area contributed by atoms with E-state index < -0.39 is 29.3 Å². The second-order valence-electron chi connectivity index (χ2n) is 9.22. The van der Waals surface area contributed by atoms with Crippen LogP contribution < -0.4 is 9.47 Å². The average Bonchev–Trinajstić information content (AvgIpc) is 2.93. The second-order valence-corrected chi connectivity index (χ2v) is 9.22. The molecule has 0 heterocycles. The minimum Gasteiger partial charge on any atom is -0.478 e. The number of hydrogen-bond donors (Lipinski definition) is 2. The fourth-order valence-corrected chi connectivity index (χ4v) is 3.88. The zero-order valence-electron chi connectivity index (χ0n) is 21.1. The van der Waals surface area contributed by atoms with E-state index in [0.29, 0.717) is 11.5 Å². The van der Waals surface area contributed by atoms with Crippen LogP contribution in [0.5, 0.6) is 11.5 Å². The smallest absolute Gasteiger partial charge is 0.343 e. The summed E-state index contributed by atoms with van der Waals surface area (Å²) in [7, 11) is 0. The Labute approximate surface area is 224 Å². The highest BCUT2D eigenvalue weighted by Gasteiger charge is 2.24. The number of rotatable bonds is 8. The lowest BCUT2D eigenvalue weighted by molar-refractivity contribution is 0.0685. The van der Waals surface area contributed by atoms with Crippen LogP contribution in [0.2, 0.25) is 0 Å². The Kier molecular flexibility index (Phi) is 7.58. The molecule has 0 saturated heterocycles. The number of carboxylic acid groups (broad SMARTS) is 2. The molecule has 39 heavy (non-hydrogen) atoms. The summed E-state index contributed by atoms with van der Waals surface area (Å²) in [5, 5.41) is 18.0. The SMILES string of the molecule is CC(C)(c1ccc(OC(=O)c2ccc(C(=O)O)cc2)cc1)c1ccc(OC(=O)c2ccc(C(=O)O)cc2)cc1. The van der Waals surface area contributed by atoms with Crippen molar-refractivity contribution < 1.29 is 38.9 Å². The monoisotopic (exact) mass is 524 g/mol. The summed E-state index contributed by atoms with van der Waals surface area (Å²) >= 11 is 0. The molecule has 0 fully saturated rings. The molecule has 196 valence electrons. The van der Waals surface area contributed by atoms with Crippen LogP contribution in [0.15, 0.2) is 97.1 Å². The maximum atomic E-state index is 12.4. The van der Waals surface area contributed by atoms with Crippen molar-refractivity contribution in [2.24, 2.45) is 0 Å². The molecule has 0 amide bonds. The number of aromatic carboxylic acids is 2. The number of carboxylic acids is 2. The highest BCUT2D eigenvalue weighted by Crippen LogP contribution is 2.33. The molecule has 0 aliphatic carbocycles. The summed E-state index contributed by atoms with van der Waals surface area (Å²) < 4.78 is 10.8. The summed E-state index contributed by atoms with van der Waals surface area (Å²) in [5.74, 6) is -2.65. The van der Waals surface area contributed by atoms with Gasteiger partial charge in [0.25, 0.3) is 0 Å². The molecule has 0 bridgehead atoms. The van der Waals surface area contributed by atoms with Crippen LogP contribution in [-0.2, 0) is 5.41 Å². The zero-order chi connectivity index (χ0) is 28.2. The maximum absolute atomic E-state index is 12.4. The van der Waals surface area contributed by atoms with Gasteiger partial charge in [-0.15, -0.1) is 0 Å². The third-order valence-corrected chi connectivity index (χ3v) is 6.31. The molecule has 0 aromatic heterocycles. The molecule has 4 rings (SSSR count). The first-order valence-electron chi connectivity index (χ1n) is 11.9. The predicted molar refractivity (Wildman–Crippen MR) is 142 cm³/mol. The van der Waals surface area contributed by atoms with E-state index in [0.717, 1.165) is 11.1 Å². The number of ether oxygens (including phenoxy) is 2. The first kappa shape index (κ1) is 26.8. The van der Waals surface area contributed by atoms with Crippen molar-refractivity contribution in [3.05, 3.63) is 130 Å². The van der Waals surface area contributed by atoms with Crippen LogP contribution in [0, 0.1) is 0 Å². The third kappa shape index (κ3) is 6.19. The van der Waals surface area contributed by atoms with Gasteiger partial charge in [-0.05, 0) is 83.9 Å². The topological polar surface area (TPSA) is 127 Å². The van der Waals surface area contributed by atoms with E-state index in [1.165, 1.54) is 48.5 Å². The lowest BCUT2D eigenvalue weighted by Gasteiger charge is -2.26. The minimum atomic E-state index is -1.08. The van der Waals surface area contributed by atoms with Gasteiger partial charge >= 0.3 is 23.9 Å². The van der Waals surface area contributed by atoms with Gasteiger partial charge in [0.15, 0.2) is 0 Å². The van der Waals surface area contributed by atoms with Gasteiger partial charge in [0.1, 0.15) is 11.5 Å². The Morgan fingerprint density at radius 1 is 0.487 bits per heavy atom. The molecule has 0 aliphatic heterocycles. The van der Waals surface area contributed by atoms with Crippen molar-refractivity contribution in [3.8, 4) is 11.5 Å². The van der Waals surface area contributed by atoms with Gasteiger partial charge in [0, 0.05) is 5.41 Å². The molecule has 0 aliphatic rings. The fraction of sp³-hybridized carbons (Fsp3) is 0.0968. The number of benzene rings is 4. The number of carbonyl (C=O) groups excluding carboxylic acids is 2. The maximum Gasteiger partial charge on any atom is 0.343 e. The van der Waals surface area contributed by atoms with Crippen LogP contribution in [-0.4, -0.2) is 34.1 Å². The van der Waals surface area contributed by atoms with Crippen molar-refractivity contribution in [2.45, 2.75) is 19.3 Å². The normalized spacial score (nSPS) is 10.9. The third-order valence-electron chi connectivity index (χ3n) is 6.31. The number of esters is 2. The molecule has 0 spiro atoms. The van der Waals surface area contributed by atoms with Crippen molar-refractivity contribution >= 4 is 23.9 Å². The first-order valence-corrected chi connectivity index (χ1v) is 11.9. The molecule has 2 N–H and O–H groups in total. The Morgan fingerprint density at radius 2 is 0.769 bits per heavy atom. The summed E-state index contributed by atoms with van der Waals surface area (Å²) in [6, 6.07) is 25.1. The Hall–Kier alpha value is -5.24. The molecular weight excluding hydrogens is 500 g/mol. The van der Waals surface area contributed by atoms with E-state index in [9.17, 15) is 19.2 Å². The van der Waals surface area contributed by atoms with Gasteiger partial charge in [-0.2, -0.15) is 0 Å². The number of hydrogen-bond acceptors (Lipinski definition) is 6. The van der Waals surface area contributed by atoms with E-state index in [1.807, 2.05) is 38.1 Å². The zero-order valence-corrected chi connectivity index (χ0v) is 21.1. The molecule has 0 saturated carbocycles. The van der Waals surface area contributed by atoms with Crippen LogP contribution in [0.3, 0.4) is 0 Å². The van der Waals surface area contributed by atoms with Gasteiger partial charge in [0.2, 0.25) is 0 Å². The predicted octanol–water partition coefficient (Wildman–Crippen LogP) is 5.85. The molecule has 4 aromatic rings. The highest BCUT2D eigenvalue weighted by molar-refractivity contribution is 5.94. The fourth-order valence-electron chi connectivity index (χ4n) is 3.88. The summed E-state index contributed by atoms with van der Waals surface area (Å²) in [4.78, 5) is 46.8. The highest BCUT2D eigenvalue weighted by atomic mass is 16.5. The lowest BCUT2D eigenvalue weighted by Crippen LogP contribution is -2.19. The molecule has 0 unspecified atom stereocenters. The Morgan fingerprint density at radius 3 is 1.05 bits per heavy atom. The van der Waals surface area contributed by atoms with Gasteiger partial charge in [-0.25, -0.2) is 19.2 Å². The lowest BCUT2D eigenvalue weighted by atomic mass is 9.78. The van der Waals surface area contributed by atoms with Gasteiger partial charge in [-0.3, -0.25) is 0 Å². The first-order chi connectivity index (χ1) is 18.5. The van der Waals surface area contributed by atoms with Crippen LogP contribution in [0.1, 0.15) is 66.4 Å². The van der Waals surface area contributed by atoms with E-state index in [2.05, 4.69) is 0 Å². The van der Waals surface area contributed by atoms with E-state index in [4.69, 9.17) is 19.7 Å². The quantitative estimate of drug-likeness (QED) is 0.217. The second kappa shape index (κ2) is 11.0. The van der Waals surface area contributed by atoms with Crippen LogP contribution in [0.4, 0.5) is 0 Å². The summed E-state index contributed by atoms with van der Waals surface area (Å²) in [6.45, 7) is 4.06.